The summed E-state index contributed by atoms with van der Waals surface area (Å²) in [6.07, 6.45) is 1.25. The number of rotatable bonds is 4. The van der Waals surface area contributed by atoms with Gasteiger partial charge in [-0.2, -0.15) is 0 Å². The largest absolute Gasteiger partial charge is 0.489 e. The Morgan fingerprint density at radius 3 is 2.04 bits per heavy atom. The van der Waals surface area contributed by atoms with Crippen LogP contribution in [0.25, 0.3) is 0 Å². The van der Waals surface area contributed by atoms with Gasteiger partial charge in [-0.15, -0.1) is 0 Å². The third kappa shape index (κ3) is 8.36. The van der Waals surface area contributed by atoms with E-state index in [2.05, 4.69) is 13.8 Å². The predicted molar refractivity (Wildman–Crippen MR) is 95.1 cm³/mol. The number of halogens is 1. The van der Waals surface area contributed by atoms with E-state index in [4.69, 9.17) is 9.84 Å². The normalized spacial score (nSPS) is 9.17. The number of aliphatic hydroxyl groups excluding tert-OH is 1. The van der Waals surface area contributed by atoms with Crippen molar-refractivity contribution >= 4 is 0 Å². The Labute approximate surface area is 139 Å². The van der Waals surface area contributed by atoms with Gasteiger partial charge >= 0.3 is 0 Å². The van der Waals surface area contributed by atoms with Gasteiger partial charge in [-0.25, -0.2) is 4.39 Å². The lowest BCUT2D eigenvalue weighted by atomic mass is 10.2. The molecule has 0 radical (unpaired) electrons. The van der Waals surface area contributed by atoms with Crippen molar-refractivity contribution in [3.63, 3.8) is 0 Å². The van der Waals surface area contributed by atoms with E-state index < -0.39 is 5.82 Å². The summed E-state index contributed by atoms with van der Waals surface area (Å²) in [6.45, 7) is 10.4. The molecule has 0 aliphatic heterocycles. The zero-order valence-electron chi connectivity index (χ0n) is 14.9. The topological polar surface area (TPSA) is 29.5 Å². The molecule has 0 aliphatic rings. The monoisotopic (exact) mass is 320 g/mol. The fraction of sp³-hybridized carbons (Fsp3) is 0.400. The highest BCUT2D eigenvalue weighted by Gasteiger charge is 2.03. The van der Waals surface area contributed by atoms with Gasteiger partial charge in [-0.3, -0.25) is 0 Å². The van der Waals surface area contributed by atoms with Crippen molar-refractivity contribution in [3.05, 3.63) is 65.0 Å². The molecular weight excluding hydrogens is 291 g/mol. The Morgan fingerprint density at radius 2 is 1.57 bits per heavy atom. The zero-order valence-corrected chi connectivity index (χ0v) is 14.9. The smallest absolute Gasteiger partial charge is 0.132 e. The molecule has 0 aromatic heterocycles. The molecular formula is C20H29FO2. The molecule has 2 rings (SSSR count). The Bertz CT molecular complexity index is 536. The van der Waals surface area contributed by atoms with Crippen molar-refractivity contribution in [1.82, 2.24) is 0 Å². The summed E-state index contributed by atoms with van der Waals surface area (Å²) in [4.78, 5) is 0. The van der Waals surface area contributed by atoms with Gasteiger partial charge in [0.2, 0.25) is 0 Å². The first-order chi connectivity index (χ1) is 11.1. The van der Waals surface area contributed by atoms with Crippen LogP contribution < -0.4 is 4.74 Å². The lowest BCUT2D eigenvalue weighted by Gasteiger charge is -2.08. The van der Waals surface area contributed by atoms with Gasteiger partial charge < -0.3 is 9.84 Å². The molecule has 0 amide bonds. The van der Waals surface area contributed by atoms with Gasteiger partial charge in [0.05, 0.1) is 6.61 Å². The minimum Gasteiger partial charge on any atom is -0.489 e. The summed E-state index contributed by atoms with van der Waals surface area (Å²) < 4.78 is 18.9. The summed E-state index contributed by atoms with van der Waals surface area (Å²) in [7, 11) is 0. The molecule has 2 aromatic rings. The van der Waals surface area contributed by atoms with Gasteiger partial charge in [0, 0.05) is 11.6 Å². The molecule has 2 nitrogen and oxygen atoms in total. The van der Waals surface area contributed by atoms with Gasteiger partial charge in [-0.05, 0) is 18.6 Å². The Balaban J connectivity index is 0.000000868. The first kappa shape index (κ1) is 21.1. The Hall–Kier alpha value is -1.87. The van der Waals surface area contributed by atoms with Crippen LogP contribution in [0.1, 0.15) is 50.8 Å². The number of ether oxygens (including phenoxy) is 1. The quantitative estimate of drug-likeness (QED) is 0.789. The van der Waals surface area contributed by atoms with Crippen molar-refractivity contribution < 1.29 is 14.2 Å². The summed E-state index contributed by atoms with van der Waals surface area (Å²) in [5.41, 5.74) is 2.50. The van der Waals surface area contributed by atoms with Crippen LogP contribution in [0.15, 0.2) is 42.5 Å². The molecule has 3 heteroatoms. The number of aliphatic hydroxyl groups is 1. The summed E-state index contributed by atoms with van der Waals surface area (Å²) in [5.74, 6) is 0.0178. The van der Waals surface area contributed by atoms with Crippen LogP contribution in [-0.4, -0.2) is 5.11 Å². The number of hydrogen-bond donors (Lipinski definition) is 1. The second-order valence-corrected chi connectivity index (χ2v) is 4.89. The van der Waals surface area contributed by atoms with Gasteiger partial charge in [-0.1, -0.05) is 70.0 Å². The van der Waals surface area contributed by atoms with Gasteiger partial charge in [0.1, 0.15) is 18.2 Å². The molecule has 0 unspecified atom stereocenters. The maximum atomic E-state index is 13.4. The van der Waals surface area contributed by atoms with Crippen LogP contribution in [0.5, 0.6) is 5.75 Å². The molecule has 0 bridgehead atoms. The molecule has 0 saturated heterocycles. The van der Waals surface area contributed by atoms with E-state index in [1.165, 1.54) is 24.1 Å². The van der Waals surface area contributed by atoms with Crippen LogP contribution in [0, 0.1) is 12.7 Å². The van der Waals surface area contributed by atoms with E-state index in [0.29, 0.717) is 12.4 Å². The molecule has 2 aromatic carbocycles. The third-order valence-electron chi connectivity index (χ3n) is 2.72. The van der Waals surface area contributed by atoms with Crippen LogP contribution in [0.3, 0.4) is 0 Å². The molecule has 0 atom stereocenters. The van der Waals surface area contributed by atoms with E-state index in [1.807, 2.05) is 45.0 Å². The number of hydrogen-bond acceptors (Lipinski definition) is 2. The molecule has 128 valence electrons. The summed E-state index contributed by atoms with van der Waals surface area (Å²) >= 11 is 0. The standard InChI is InChI=1S/C15H15FO2.C3H8.C2H6/c1-11-2-4-12(5-3-11)10-18-14-7-6-13(9-17)15(16)8-14;1-3-2;1-2/h2-8,17H,9-10H2,1H3;3H2,1-2H3;1-2H3. The lowest BCUT2D eigenvalue weighted by molar-refractivity contribution is 0.273. The minimum absolute atomic E-state index is 0.276. The van der Waals surface area contributed by atoms with Crippen molar-refractivity contribution in [2.24, 2.45) is 0 Å². The van der Waals surface area contributed by atoms with E-state index >= 15 is 0 Å². The molecule has 23 heavy (non-hydrogen) atoms. The summed E-state index contributed by atoms with van der Waals surface area (Å²) in [6, 6.07) is 12.5. The second-order valence-electron chi connectivity index (χ2n) is 4.89. The zero-order chi connectivity index (χ0) is 17.7. The van der Waals surface area contributed by atoms with Crippen LogP contribution in [-0.2, 0) is 13.2 Å². The van der Waals surface area contributed by atoms with Crippen molar-refractivity contribution in [3.8, 4) is 5.75 Å². The molecule has 0 fully saturated rings. The molecule has 1 N–H and O–H groups in total. The SMILES string of the molecule is CC.CCC.Cc1ccc(COc2ccc(CO)c(F)c2)cc1. The Morgan fingerprint density at radius 1 is 1.00 bits per heavy atom. The third-order valence-corrected chi connectivity index (χ3v) is 2.72. The van der Waals surface area contributed by atoms with Crippen molar-refractivity contribution in [2.75, 3.05) is 0 Å². The molecule has 0 saturated carbocycles. The highest BCUT2D eigenvalue weighted by molar-refractivity contribution is 5.29. The predicted octanol–water partition coefficient (Wildman–Crippen LogP) is 5.65. The van der Waals surface area contributed by atoms with E-state index in [-0.39, 0.29) is 12.2 Å². The van der Waals surface area contributed by atoms with Gasteiger partial charge in [0.25, 0.3) is 0 Å². The number of benzene rings is 2. The highest BCUT2D eigenvalue weighted by atomic mass is 19.1. The van der Waals surface area contributed by atoms with Crippen molar-refractivity contribution in [2.45, 2.75) is 54.3 Å². The van der Waals surface area contributed by atoms with Gasteiger partial charge in [0.15, 0.2) is 0 Å². The highest BCUT2D eigenvalue weighted by Crippen LogP contribution is 2.18. The fourth-order valence-electron chi connectivity index (χ4n) is 1.60. The first-order valence-corrected chi connectivity index (χ1v) is 8.18. The van der Waals surface area contributed by atoms with E-state index in [0.717, 1.165) is 5.56 Å². The second kappa shape index (κ2) is 12.7. The average Bonchev–Trinajstić information content (AvgIpc) is 2.57. The van der Waals surface area contributed by atoms with Crippen molar-refractivity contribution in [1.29, 1.82) is 0 Å². The number of aryl methyl sites for hydroxylation is 1. The van der Waals surface area contributed by atoms with Crippen LogP contribution in [0.2, 0.25) is 0 Å². The molecule has 0 spiro atoms. The average molecular weight is 320 g/mol. The summed E-state index contributed by atoms with van der Waals surface area (Å²) in [5, 5.41) is 8.86. The maximum absolute atomic E-state index is 13.4. The molecule has 0 aliphatic carbocycles. The van der Waals surface area contributed by atoms with E-state index in [9.17, 15) is 4.39 Å². The first-order valence-electron chi connectivity index (χ1n) is 8.18. The maximum Gasteiger partial charge on any atom is 0.132 e. The van der Waals surface area contributed by atoms with E-state index in [1.54, 1.807) is 6.07 Å². The fourth-order valence-corrected chi connectivity index (χ4v) is 1.60. The van der Waals surface area contributed by atoms with Crippen LogP contribution >= 0.6 is 0 Å². The Kier molecular flexibility index (Phi) is 11.6. The molecule has 0 heterocycles. The minimum atomic E-state index is -0.445. The lowest BCUT2D eigenvalue weighted by Crippen LogP contribution is -1.97. The van der Waals surface area contributed by atoms with Crippen LogP contribution in [0.4, 0.5) is 4.39 Å².